The summed E-state index contributed by atoms with van der Waals surface area (Å²) >= 11 is 14.0. The van der Waals surface area contributed by atoms with Crippen molar-refractivity contribution in [2.45, 2.75) is 16.2 Å². The molecule has 0 spiro atoms. The van der Waals surface area contributed by atoms with Crippen LogP contribution in [0.2, 0.25) is 0 Å². The van der Waals surface area contributed by atoms with Gasteiger partial charge in [0.25, 0.3) is 0 Å². The molecule has 33 heavy (non-hydrogen) atoms. The molecule has 2 nitrogen and oxygen atoms in total. The van der Waals surface area contributed by atoms with Crippen molar-refractivity contribution in [3.05, 3.63) is 120 Å². The molecule has 0 bridgehead atoms. The summed E-state index contributed by atoms with van der Waals surface area (Å²) in [5, 5.41) is 6.59. The summed E-state index contributed by atoms with van der Waals surface area (Å²) in [5.74, 6) is 0. The first kappa shape index (κ1) is 23.5. The Morgan fingerprint density at radius 2 is 0.879 bits per heavy atom. The maximum absolute atomic E-state index is 5.47. The fourth-order valence-electron chi connectivity index (χ4n) is 3.13. The lowest BCUT2D eigenvalue weighted by Crippen LogP contribution is -2.04. The van der Waals surface area contributed by atoms with Crippen LogP contribution in [0.3, 0.4) is 0 Å². The lowest BCUT2D eigenvalue weighted by atomic mass is 10.0. The maximum Gasteiger partial charge on any atom is 0.143 e. The summed E-state index contributed by atoms with van der Waals surface area (Å²) in [6.07, 6.45) is 0.868. The number of thioether (sulfide) groups is 2. The normalized spacial score (nSPS) is 10.4. The number of nitrogens with one attached hydrogen (secondary N) is 2. The second kappa shape index (κ2) is 12.0. The number of hydrogen-bond donors (Lipinski definition) is 2. The highest BCUT2D eigenvalue weighted by molar-refractivity contribution is 8.23. The first-order valence-electron chi connectivity index (χ1n) is 10.4. The molecule has 0 heterocycles. The zero-order chi connectivity index (χ0) is 22.9. The molecule has 2 N–H and O–H groups in total. The van der Waals surface area contributed by atoms with E-state index in [1.165, 1.54) is 11.1 Å². The summed E-state index contributed by atoms with van der Waals surface area (Å²) < 4.78 is 1.47. The number of rotatable bonds is 6. The van der Waals surface area contributed by atoms with Crippen LogP contribution in [0.4, 0.5) is 11.4 Å². The third-order valence-electron chi connectivity index (χ3n) is 4.72. The fraction of sp³-hybridized carbons (Fsp3) is 0.0370. The molecule has 0 aliphatic heterocycles. The summed E-state index contributed by atoms with van der Waals surface area (Å²) in [7, 11) is 0. The lowest BCUT2D eigenvalue weighted by molar-refractivity contribution is 1.19. The molecule has 4 rings (SSSR count). The van der Waals surface area contributed by atoms with E-state index >= 15 is 0 Å². The van der Waals surface area contributed by atoms with Crippen molar-refractivity contribution in [2.75, 3.05) is 10.6 Å². The predicted octanol–water partition coefficient (Wildman–Crippen LogP) is 8.26. The van der Waals surface area contributed by atoms with Gasteiger partial charge in [-0.25, -0.2) is 0 Å². The zero-order valence-corrected chi connectivity index (χ0v) is 21.0. The van der Waals surface area contributed by atoms with E-state index in [2.05, 4.69) is 83.4 Å². The van der Waals surface area contributed by atoms with Gasteiger partial charge in [-0.2, -0.15) is 0 Å². The van der Waals surface area contributed by atoms with E-state index in [-0.39, 0.29) is 0 Å². The highest BCUT2D eigenvalue weighted by atomic mass is 32.2. The highest BCUT2D eigenvalue weighted by Gasteiger charge is 2.04. The van der Waals surface area contributed by atoms with Gasteiger partial charge in [0.15, 0.2) is 0 Å². The van der Waals surface area contributed by atoms with Crippen molar-refractivity contribution in [1.82, 2.24) is 0 Å². The number of hydrogen-bond acceptors (Lipinski definition) is 4. The Hall–Kier alpha value is -2.64. The van der Waals surface area contributed by atoms with E-state index < -0.39 is 0 Å². The van der Waals surface area contributed by atoms with Gasteiger partial charge < -0.3 is 10.6 Å². The van der Waals surface area contributed by atoms with Crippen LogP contribution in [0, 0.1) is 0 Å². The van der Waals surface area contributed by atoms with Crippen LogP contribution in [0.1, 0.15) is 11.1 Å². The number of benzene rings is 4. The quantitative estimate of drug-likeness (QED) is 0.203. The first-order valence-corrected chi connectivity index (χ1v) is 12.8. The van der Waals surface area contributed by atoms with Crippen molar-refractivity contribution >= 4 is 68.0 Å². The molecule has 4 aromatic carbocycles. The van der Waals surface area contributed by atoms with Crippen LogP contribution >= 0.6 is 48.0 Å². The van der Waals surface area contributed by atoms with Crippen molar-refractivity contribution in [1.29, 1.82) is 0 Å². The molecule has 4 aromatic rings. The Morgan fingerprint density at radius 1 is 0.515 bits per heavy atom. The monoisotopic (exact) mass is 502 g/mol. The maximum atomic E-state index is 5.47. The molecular weight excluding hydrogens is 481 g/mol. The molecule has 0 aromatic heterocycles. The molecule has 0 atom stereocenters. The Labute approximate surface area is 214 Å². The number of anilines is 2. The molecule has 164 valence electrons. The highest BCUT2D eigenvalue weighted by Crippen LogP contribution is 2.23. The Morgan fingerprint density at radius 3 is 1.24 bits per heavy atom. The summed E-state index contributed by atoms with van der Waals surface area (Å²) in [4.78, 5) is 2.26. The van der Waals surface area contributed by atoms with E-state index in [0.717, 1.165) is 36.2 Å². The van der Waals surface area contributed by atoms with Gasteiger partial charge in [0.1, 0.15) is 8.64 Å². The minimum Gasteiger partial charge on any atom is -0.341 e. The molecule has 6 heteroatoms. The average Bonchev–Trinajstić information content (AvgIpc) is 2.83. The smallest absolute Gasteiger partial charge is 0.143 e. The molecule has 0 saturated carbocycles. The van der Waals surface area contributed by atoms with Crippen molar-refractivity contribution in [3.63, 3.8) is 0 Å². The SMILES string of the molecule is S=C(Nc1ccc(Cc2ccc(NC(=S)Sc3ccccc3)cc2)cc1)Sc1ccccc1. The van der Waals surface area contributed by atoms with Gasteiger partial charge >= 0.3 is 0 Å². The van der Waals surface area contributed by atoms with E-state index in [0.29, 0.717) is 0 Å². The molecule has 0 radical (unpaired) electrons. The standard InChI is InChI=1S/C27H22N2S4/c30-26(32-24-7-3-1-4-8-24)28-22-15-11-20(12-16-22)19-21-13-17-23(18-14-21)29-27(31)33-25-9-5-2-6-10-25/h1-18H,19H2,(H,28,30)(H,29,31). The molecule has 0 aliphatic rings. The summed E-state index contributed by atoms with van der Waals surface area (Å²) in [6.45, 7) is 0. The average molecular weight is 503 g/mol. The summed E-state index contributed by atoms with van der Waals surface area (Å²) in [6, 6.07) is 37.1. The van der Waals surface area contributed by atoms with E-state index in [4.69, 9.17) is 24.4 Å². The lowest BCUT2D eigenvalue weighted by Gasteiger charge is -2.10. The number of thiocarbonyl (C=S) groups is 2. The topological polar surface area (TPSA) is 24.1 Å². The molecule has 0 amide bonds. The van der Waals surface area contributed by atoms with Crippen molar-refractivity contribution in [2.24, 2.45) is 0 Å². The van der Waals surface area contributed by atoms with Gasteiger partial charge in [-0.05, 0) is 66.1 Å². The van der Waals surface area contributed by atoms with E-state index in [1.54, 1.807) is 23.5 Å². The molecule has 0 aliphatic carbocycles. The van der Waals surface area contributed by atoms with Gasteiger partial charge in [0.2, 0.25) is 0 Å². The van der Waals surface area contributed by atoms with Gasteiger partial charge in [-0.3, -0.25) is 0 Å². The molecule has 0 unspecified atom stereocenters. The van der Waals surface area contributed by atoms with Crippen LogP contribution in [-0.4, -0.2) is 8.64 Å². The van der Waals surface area contributed by atoms with Crippen LogP contribution in [0.25, 0.3) is 0 Å². The predicted molar refractivity (Wildman–Crippen MR) is 153 cm³/mol. The Balaban J connectivity index is 1.27. The third-order valence-corrected chi connectivity index (χ3v) is 7.01. The second-order valence-corrected chi connectivity index (χ2v) is 10.7. The fourth-order valence-corrected chi connectivity index (χ4v) is 5.29. The Bertz CT molecular complexity index is 1100. The van der Waals surface area contributed by atoms with Crippen LogP contribution in [0.15, 0.2) is 119 Å². The van der Waals surface area contributed by atoms with Crippen LogP contribution in [-0.2, 0) is 6.42 Å². The third kappa shape index (κ3) is 7.72. The van der Waals surface area contributed by atoms with E-state index in [9.17, 15) is 0 Å². The first-order chi connectivity index (χ1) is 16.1. The second-order valence-electron chi connectivity index (χ2n) is 7.23. The van der Waals surface area contributed by atoms with Gasteiger partial charge in [0.05, 0.1) is 0 Å². The minimum atomic E-state index is 0.736. The van der Waals surface area contributed by atoms with E-state index in [1.807, 2.05) is 36.4 Å². The zero-order valence-electron chi connectivity index (χ0n) is 17.7. The largest absolute Gasteiger partial charge is 0.341 e. The van der Waals surface area contributed by atoms with Gasteiger partial charge in [-0.15, -0.1) is 0 Å². The van der Waals surface area contributed by atoms with Gasteiger partial charge in [0, 0.05) is 21.2 Å². The molecular formula is C27H22N2S4. The summed E-state index contributed by atoms with van der Waals surface area (Å²) in [5.41, 5.74) is 4.49. The Kier molecular flexibility index (Phi) is 8.55. The van der Waals surface area contributed by atoms with Gasteiger partial charge in [-0.1, -0.05) is 109 Å². The van der Waals surface area contributed by atoms with Crippen molar-refractivity contribution in [3.8, 4) is 0 Å². The van der Waals surface area contributed by atoms with Crippen molar-refractivity contribution < 1.29 is 0 Å². The minimum absolute atomic E-state index is 0.736. The van der Waals surface area contributed by atoms with Crippen LogP contribution in [0.5, 0.6) is 0 Å². The molecule has 0 fully saturated rings. The molecule has 0 saturated heterocycles. The van der Waals surface area contributed by atoms with Crippen LogP contribution < -0.4 is 10.6 Å².